The molecule has 0 bridgehead atoms. The van der Waals surface area contributed by atoms with Gasteiger partial charge in [-0.1, -0.05) is 18.7 Å². The van der Waals surface area contributed by atoms with E-state index >= 15 is 0 Å². The lowest BCUT2D eigenvalue weighted by Crippen LogP contribution is -1.98. The number of hydrogen-bond donors (Lipinski definition) is 0. The van der Waals surface area contributed by atoms with Crippen molar-refractivity contribution in [3.05, 3.63) is 42.0 Å². The Kier molecular flexibility index (Phi) is 2.46. The molecular formula is C12H12O3. The minimum absolute atomic E-state index is 0.208. The quantitative estimate of drug-likeness (QED) is 0.547. The van der Waals surface area contributed by atoms with Crippen molar-refractivity contribution in [1.29, 1.82) is 0 Å². The van der Waals surface area contributed by atoms with Crippen LogP contribution in [0.5, 0.6) is 5.75 Å². The summed E-state index contributed by atoms with van der Waals surface area (Å²) in [5.41, 5.74) is 1.48. The Labute approximate surface area is 88.3 Å². The van der Waals surface area contributed by atoms with Crippen LogP contribution in [0.15, 0.2) is 36.4 Å². The maximum absolute atomic E-state index is 11.2. The molecule has 1 heterocycles. The molecule has 0 radical (unpaired) electrons. The second-order valence-corrected chi connectivity index (χ2v) is 3.48. The van der Waals surface area contributed by atoms with Crippen molar-refractivity contribution < 1.29 is 14.3 Å². The van der Waals surface area contributed by atoms with Gasteiger partial charge in [0.1, 0.15) is 11.9 Å². The van der Waals surface area contributed by atoms with E-state index in [0.717, 1.165) is 11.3 Å². The molecule has 78 valence electrons. The largest absolute Gasteiger partial charge is 0.497 e. The summed E-state index contributed by atoms with van der Waals surface area (Å²) in [5, 5.41) is 0. The van der Waals surface area contributed by atoms with E-state index in [-0.39, 0.29) is 12.1 Å². The monoisotopic (exact) mass is 204 g/mol. The molecule has 0 aliphatic carbocycles. The Morgan fingerprint density at radius 2 is 2.33 bits per heavy atom. The first-order valence-corrected chi connectivity index (χ1v) is 4.73. The molecule has 1 aliphatic rings. The molecule has 0 saturated carbocycles. The SMILES string of the molecule is C=C1CC(c2cccc(OC)c2)OC1=O. The summed E-state index contributed by atoms with van der Waals surface area (Å²) >= 11 is 0. The standard InChI is InChI=1S/C12H12O3/c1-8-6-11(15-12(8)13)9-4-3-5-10(7-9)14-2/h3-5,7,11H,1,6H2,2H3. The van der Waals surface area contributed by atoms with Crippen molar-refractivity contribution in [2.45, 2.75) is 12.5 Å². The molecule has 2 rings (SSSR count). The number of hydrogen-bond acceptors (Lipinski definition) is 3. The molecule has 3 heteroatoms. The fourth-order valence-electron chi connectivity index (χ4n) is 1.59. The molecule has 0 spiro atoms. The van der Waals surface area contributed by atoms with E-state index in [1.54, 1.807) is 7.11 Å². The van der Waals surface area contributed by atoms with Crippen molar-refractivity contribution in [2.24, 2.45) is 0 Å². The molecular weight excluding hydrogens is 192 g/mol. The maximum Gasteiger partial charge on any atom is 0.334 e. The third-order valence-corrected chi connectivity index (χ3v) is 2.44. The number of carbonyl (C=O) groups excluding carboxylic acids is 1. The molecule has 15 heavy (non-hydrogen) atoms. The number of rotatable bonds is 2. The smallest absolute Gasteiger partial charge is 0.334 e. The average Bonchev–Trinajstić information content (AvgIpc) is 2.59. The van der Waals surface area contributed by atoms with Crippen molar-refractivity contribution in [1.82, 2.24) is 0 Å². The van der Waals surface area contributed by atoms with Crippen molar-refractivity contribution in [2.75, 3.05) is 7.11 Å². The van der Waals surface area contributed by atoms with Gasteiger partial charge in [-0.2, -0.15) is 0 Å². The average molecular weight is 204 g/mol. The van der Waals surface area contributed by atoms with E-state index in [4.69, 9.17) is 9.47 Å². The number of cyclic esters (lactones) is 1. The van der Waals surface area contributed by atoms with Crippen LogP contribution in [0.3, 0.4) is 0 Å². The minimum Gasteiger partial charge on any atom is -0.497 e. The molecule has 1 unspecified atom stereocenters. The number of benzene rings is 1. The zero-order chi connectivity index (χ0) is 10.8. The molecule has 3 nitrogen and oxygen atoms in total. The van der Waals surface area contributed by atoms with Crippen LogP contribution < -0.4 is 4.74 Å². The fourth-order valence-corrected chi connectivity index (χ4v) is 1.59. The van der Waals surface area contributed by atoms with Crippen LogP contribution in [-0.4, -0.2) is 13.1 Å². The van der Waals surface area contributed by atoms with Gasteiger partial charge in [0.25, 0.3) is 0 Å². The van der Waals surface area contributed by atoms with Gasteiger partial charge >= 0.3 is 5.97 Å². The van der Waals surface area contributed by atoms with Gasteiger partial charge in [0.15, 0.2) is 0 Å². The molecule has 1 aliphatic heterocycles. The van der Waals surface area contributed by atoms with Crippen molar-refractivity contribution in [3.63, 3.8) is 0 Å². The Balaban J connectivity index is 2.23. The fraction of sp³-hybridized carbons (Fsp3) is 0.250. The van der Waals surface area contributed by atoms with Crippen molar-refractivity contribution >= 4 is 5.97 Å². The molecule has 1 saturated heterocycles. The zero-order valence-corrected chi connectivity index (χ0v) is 8.53. The summed E-state index contributed by atoms with van der Waals surface area (Å²) in [6.07, 6.45) is 0.353. The highest BCUT2D eigenvalue weighted by Crippen LogP contribution is 2.33. The Bertz CT molecular complexity index is 393. The number of esters is 1. The predicted octanol–water partition coefficient (Wildman–Crippen LogP) is 2.24. The van der Waals surface area contributed by atoms with E-state index in [2.05, 4.69) is 6.58 Å². The van der Waals surface area contributed by atoms with Crippen LogP contribution >= 0.6 is 0 Å². The topological polar surface area (TPSA) is 35.5 Å². The van der Waals surface area contributed by atoms with E-state index in [1.165, 1.54) is 0 Å². The molecule has 1 aromatic carbocycles. The third kappa shape index (κ3) is 1.86. The highest BCUT2D eigenvalue weighted by atomic mass is 16.5. The van der Waals surface area contributed by atoms with Gasteiger partial charge in [0.05, 0.1) is 7.11 Å². The lowest BCUT2D eigenvalue weighted by Gasteiger charge is -2.09. The first-order valence-electron chi connectivity index (χ1n) is 4.73. The minimum atomic E-state index is -0.303. The lowest BCUT2D eigenvalue weighted by molar-refractivity contribution is -0.139. The Hall–Kier alpha value is -1.77. The summed E-state index contributed by atoms with van der Waals surface area (Å²) in [4.78, 5) is 11.2. The van der Waals surface area contributed by atoms with Gasteiger partial charge in [-0.05, 0) is 17.7 Å². The zero-order valence-electron chi connectivity index (χ0n) is 8.53. The van der Waals surface area contributed by atoms with Crippen LogP contribution in [0.2, 0.25) is 0 Å². The highest BCUT2D eigenvalue weighted by molar-refractivity contribution is 5.90. The van der Waals surface area contributed by atoms with Gasteiger partial charge in [-0.25, -0.2) is 4.79 Å². The van der Waals surface area contributed by atoms with Crippen LogP contribution in [0.4, 0.5) is 0 Å². The molecule has 1 atom stereocenters. The summed E-state index contributed by atoms with van der Waals surface area (Å²) < 4.78 is 10.3. The van der Waals surface area contributed by atoms with Gasteiger partial charge in [-0.15, -0.1) is 0 Å². The molecule has 0 amide bonds. The molecule has 0 N–H and O–H groups in total. The third-order valence-electron chi connectivity index (χ3n) is 2.44. The maximum atomic E-state index is 11.2. The van der Waals surface area contributed by atoms with Crippen LogP contribution in [0.1, 0.15) is 18.1 Å². The second kappa shape index (κ2) is 3.77. The molecule has 0 aromatic heterocycles. The van der Waals surface area contributed by atoms with Crippen LogP contribution in [0, 0.1) is 0 Å². The number of methoxy groups -OCH3 is 1. The second-order valence-electron chi connectivity index (χ2n) is 3.48. The summed E-state index contributed by atoms with van der Waals surface area (Å²) in [6.45, 7) is 3.65. The number of carbonyl (C=O) groups is 1. The van der Waals surface area contributed by atoms with Gasteiger partial charge in [-0.3, -0.25) is 0 Å². The lowest BCUT2D eigenvalue weighted by atomic mass is 10.1. The highest BCUT2D eigenvalue weighted by Gasteiger charge is 2.28. The van der Waals surface area contributed by atoms with Gasteiger partial charge < -0.3 is 9.47 Å². The first-order chi connectivity index (χ1) is 7.20. The summed E-state index contributed by atoms with van der Waals surface area (Å²) in [5.74, 6) is 0.462. The van der Waals surface area contributed by atoms with Gasteiger partial charge in [0.2, 0.25) is 0 Å². The van der Waals surface area contributed by atoms with Crippen LogP contribution in [-0.2, 0) is 9.53 Å². The Morgan fingerprint density at radius 3 is 2.93 bits per heavy atom. The summed E-state index contributed by atoms with van der Waals surface area (Å²) in [6, 6.07) is 7.52. The molecule has 1 fully saturated rings. The normalized spacial score (nSPS) is 20.2. The van der Waals surface area contributed by atoms with Crippen LogP contribution in [0.25, 0.3) is 0 Å². The van der Waals surface area contributed by atoms with E-state index in [1.807, 2.05) is 24.3 Å². The first kappa shape index (κ1) is 9.77. The Morgan fingerprint density at radius 1 is 1.53 bits per heavy atom. The van der Waals surface area contributed by atoms with E-state index in [9.17, 15) is 4.79 Å². The number of ether oxygens (including phenoxy) is 2. The van der Waals surface area contributed by atoms with E-state index < -0.39 is 0 Å². The van der Waals surface area contributed by atoms with Gasteiger partial charge in [0, 0.05) is 12.0 Å². The van der Waals surface area contributed by atoms with E-state index in [0.29, 0.717) is 12.0 Å². The summed E-state index contributed by atoms with van der Waals surface area (Å²) in [7, 11) is 1.61. The molecule has 1 aromatic rings. The van der Waals surface area contributed by atoms with Crippen molar-refractivity contribution in [3.8, 4) is 5.75 Å². The predicted molar refractivity (Wildman–Crippen MR) is 55.6 cm³/mol.